The van der Waals surface area contributed by atoms with Crippen LogP contribution in [0.15, 0.2) is 24.3 Å². The molecule has 0 aliphatic heterocycles. The summed E-state index contributed by atoms with van der Waals surface area (Å²) in [5, 5.41) is 42.5. The molecule has 0 aromatic heterocycles. The molecule has 2 saturated carbocycles. The zero-order valence-electron chi connectivity index (χ0n) is 19.3. The number of benzene rings is 1. The average Bonchev–Trinajstić information content (AvgIpc) is 2.84. The number of carboxylic acids is 4. The molecule has 0 spiro atoms. The molecule has 12 nitrogen and oxygen atoms in total. The number of rotatable bonds is 8. The van der Waals surface area contributed by atoms with Gasteiger partial charge in [0.15, 0.2) is 0 Å². The third-order valence-electron chi connectivity index (χ3n) is 7.13. The van der Waals surface area contributed by atoms with E-state index in [0.29, 0.717) is 11.4 Å². The number of carbonyl (C=O) groups excluding carboxylic acids is 2. The molecule has 3 rings (SSSR count). The van der Waals surface area contributed by atoms with E-state index in [2.05, 4.69) is 10.6 Å². The first kappa shape index (κ1) is 26.6. The Morgan fingerprint density at radius 1 is 0.528 bits per heavy atom. The summed E-state index contributed by atoms with van der Waals surface area (Å²) < 4.78 is 0. The minimum atomic E-state index is -1.24. The van der Waals surface area contributed by atoms with E-state index in [9.17, 15) is 49.2 Å². The molecular formula is C24H28N2O10. The summed E-state index contributed by atoms with van der Waals surface area (Å²) in [6, 6.07) is 6.14. The highest BCUT2D eigenvalue weighted by Gasteiger charge is 2.42. The third-order valence-corrected chi connectivity index (χ3v) is 7.13. The Kier molecular flexibility index (Phi) is 8.28. The second kappa shape index (κ2) is 11.2. The first-order valence-electron chi connectivity index (χ1n) is 11.6. The lowest BCUT2D eigenvalue weighted by molar-refractivity contribution is -0.157. The van der Waals surface area contributed by atoms with Crippen LogP contribution in [0.2, 0.25) is 0 Å². The summed E-state index contributed by atoms with van der Waals surface area (Å²) >= 11 is 0. The smallest absolute Gasteiger partial charge is 0.307 e. The Labute approximate surface area is 205 Å². The van der Waals surface area contributed by atoms with Crippen LogP contribution in [0.4, 0.5) is 11.4 Å². The fraction of sp³-hybridized carbons (Fsp3) is 0.500. The van der Waals surface area contributed by atoms with Crippen LogP contribution < -0.4 is 10.6 Å². The van der Waals surface area contributed by atoms with Gasteiger partial charge in [0, 0.05) is 23.2 Å². The summed E-state index contributed by atoms with van der Waals surface area (Å²) in [5.41, 5.74) is 0.802. The quantitative estimate of drug-likeness (QED) is 0.303. The average molecular weight is 504 g/mol. The topological polar surface area (TPSA) is 207 Å². The highest BCUT2D eigenvalue weighted by molar-refractivity contribution is 5.95. The lowest BCUT2D eigenvalue weighted by atomic mass is 9.73. The van der Waals surface area contributed by atoms with Crippen LogP contribution in [0.3, 0.4) is 0 Å². The fourth-order valence-electron chi connectivity index (χ4n) is 5.08. The van der Waals surface area contributed by atoms with Crippen LogP contribution >= 0.6 is 0 Å². The van der Waals surface area contributed by atoms with Crippen LogP contribution in [-0.4, -0.2) is 56.1 Å². The molecular weight excluding hydrogens is 476 g/mol. The highest BCUT2D eigenvalue weighted by Crippen LogP contribution is 2.36. The van der Waals surface area contributed by atoms with Gasteiger partial charge >= 0.3 is 23.9 Å². The fourth-order valence-corrected chi connectivity index (χ4v) is 5.08. The van der Waals surface area contributed by atoms with E-state index in [4.69, 9.17) is 0 Å². The van der Waals surface area contributed by atoms with E-state index in [-0.39, 0.29) is 38.5 Å². The molecule has 0 bridgehead atoms. The summed E-state index contributed by atoms with van der Waals surface area (Å²) in [7, 11) is 0. The number of hydrogen-bond donors (Lipinski definition) is 6. The Bertz CT molecular complexity index is 970. The molecule has 2 amide bonds. The molecule has 1 aromatic carbocycles. The number of nitrogens with one attached hydrogen (secondary N) is 2. The van der Waals surface area contributed by atoms with Gasteiger partial charge in [-0.15, -0.1) is 0 Å². The van der Waals surface area contributed by atoms with Crippen molar-refractivity contribution < 1.29 is 49.2 Å². The lowest BCUT2D eigenvalue weighted by Crippen LogP contribution is -2.39. The standard InChI is InChI=1S/C24H28N2O10/c27-19(11-1-7-15(21(29)30)17(9-11)23(33)34)25-13-3-5-14(6-4-13)26-20(28)12-2-8-16(22(31)32)18(10-12)24(35)36/h3-6,11-12,15-18H,1-2,7-10H2,(H,25,27)(H,26,28)(H,29,30)(H,31,32)(H,33,34)(H,35,36). The maximum absolute atomic E-state index is 12.6. The molecule has 2 fully saturated rings. The minimum absolute atomic E-state index is 0.0757. The van der Waals surface area contributed by atoms with Gasteiger partial charge in [-0.3, -0.25) is 28.8 Å². The SMILES string of the molecule is O=C(Nc1ccc(NC(=O)C2CCC(C(=O)O)C(C(=O)O)C2)cc1)C1CCC(C(=O)O)C(C(=O)O)C1. The highest BCUT2D eigenvalue weighted by atomic mass is 16.4. The Morgan fingerprint density at radius 3 is 1.11 bits per heavy atom. The molecule has 0 heterocycles. The first-order valence-corrected chi connectivity index (χ1v) is 11.6. The molecule has 36 heavy (non-hydrogen) atoms. The van der Waals surface area contributed by atoms with E-state index in [1.807, 2.05) is 0 Å². The van der Waals surface area contributed by atoms with Crippen LogP contribution in [-0.2, 0) is 28.8 Å². The van der Waals surface area contributed by atoms with E-state index < -0.39 is 71.2 Å². The molecule has 6 atom stereocenters. The Hall–Kier alpha value is -3.96. The van der Waals surface area contributed by atoms with Crippen molar-refractivity contribution in [3.63, 3.8) is 0 Å². The van der Waals surface area contributed by atoms with Crippen LogP contribution in [0, 0.1) is 35.5 Å². The summed E-state index contributed by atoms with van der Waals surface area (Å²) in [6.07, 6.45) is 0.533. The van der Waals surface area contributed by atoms with Gasteiger partial charge in [-0.1, -0.05) is 0 Å². The van der Waals surface area contributed by atoms with E-state index in [1.54, 1.807) is 0 Å². The summed E-state index contributed by atoms with van der Waals surface area (Å²) in [5.74, 6) is -11.3. The monoisotopic (exact) mass is 504 g/mol. The maximum atomic E-state index is 12.6. The maximum Gasteiger partial charge on any atom is 0.307 e. The van der Waals surface area contributed by atoms with Gasteiger partial charge in [-0.05, 0) is 62.8 Å². The van der Waals surface area contributed by atoms with Crippen molar-refractivity contribution in [3.05, 3.63) is 24.3 Å². The van der Waals surface area contributed by atoms with Crippen molar-refractivity contribution in [2.45, 2.75) is 38.5 Å². The zero-order valence-corrected chi connectivity index (χ0v) is 19.3. The lowest BCUT2D eigenvalue weighted by Gasteiger charge is -2.30. The first-order chi connectivity index (χ1) is 17.0. The second-order valence-corrected chi connectivity index (χ2v) is 9.35. The van der Waals surface area contributed by atoms with Gasteiger partial charge in [-0.2, -0.15) is 0 Å². The van der Waals surface area contributed by atoms with Gasteiger partial charge in [0.25, 0.3) is 0 Å². The van der Waals surface area contributed by atoms with Gasteiger partial charge in [-0.25, -0.2) is 0 Å². The van der Waals surface area contributed by atoms with Crippen LogP contribution in [0.1, 0.15) is 38.5 Å². The van der Waals surface area contributed by atoms with Crippen molar-refractivity contribution in [2.24, 2.45) is 35.5 Å². The van der Waals surface area contributed by atoms with E-state index in [0.717, 1.165) is 0 Å². The summed E-state index contributed by atoms with van der Waals surface area (Å²) in [4.78, 5) is 70.7. The third kappa shape index (κ3) is 6.18. The summed E-state index contributed by atoms with van der Waals surface area (Å²) in [6.45, 7) is 0. The number of hydrogen-bond acceptors (Lipinski definition) is 6. The molecule has 6 unspecified atom stereocenters. The molecule has 6 N–H and O–H groups in total. The largest absolute Gasteiger partial charge is 0.481 e. The molecule has 194 valence electrons. The normalized spacial score (nSPS) is 27.9. The van der Waals surface area contributed by atoms with E-state index in [1.165, 1.54) is 24.3 Å². The van der Waals surface area contributed by atoms with Crippen LogP contribution in [0.25, 0.3) is 0 Å². The second-order valence-electron chi connectivity index (χ2n) is 9.35. The van der Waals surface area contributed by atoms with Gasteiger partial charge in [0.1, 0.15) is 0 Å². The van der Waals surface area contributed by atoms with Crippen molar-refractivity contribution in [1.82, 2.24) is 0 Å². The molecule has 2 aliphatic carbocycles. The number of carboxylic acid groups (broad SMARTS) is 4. The molecule has 0 saturated heterocycles. The molecule has 12 heteroatoms. The van der Waals surface area contributed by atoms with Crippen molar-refractivity contribution >= 4 is 47.1 Å². The van der Waals surface area contributed by atoms with Gasteiger partial charge in [0.2, 0.25) is 11.8 Å². The Balaban J connectivity index is 1.56. The van der Waals surface area contributed by atoms with Gasteiger partial charge in [0.05, 0.1) is 23.7 Å². The molecule has 2 aliphatic rings. The predicted octanol–water partition coefficient (Wildman–Crippen LogP) is 1.97. The number of aliphatic carboxylic acids is 4. The molecule has 1 aromatic rings. The van der Waals surface area contributed by atoms with Crippen molar-refractivity contribution in [1.29, 1.82) is 0 Å². The number of amides is 2. The van der Waals surface area contributed by atoms with E-state index >= 15 is 0 Å². The van der Waals surface area contributed by atoms with Crippen molar-refractivity contribution in [3.8, 4) is 0 Å². The predicted molar refractivity (Wildman–Crippen MR) is 123 cm³/mol. The molecule has 0 radical (unpaired) electrons. The number of carbonyl (C=O) groups is 6. The van der Waals surface area contributed by atoms with Crippen LogP contribution in [0.5, 0.6) is 0 Å². The zero-order chi connectivity index (χ0) is 26.6. The van der Waals surface area contributed by atoms with Gasteiger partial charge < -0.3 is 31.1 Å². The minimum Gasteiger partial charge on any atom is -0.481 e. The van der Waals surface area contributed by atoms with Crippen molar-refractivity contribution in [2.75, 3.05) is 10.6 Å². The Morgan fingerprint density at radius 2 is 0.833 bits per heavy atom. The number of anilines is 2.